The molecule has 1 aromatic rings. The van der Waals surface area contributed by atoms with Crippen LogP contribution in [-0.4, -0.2) is 19.5 Å². The lowest BCUT2D eigenvalue weighted by atomic mass is 10.3. The fourth-order valence-electron chi connectivity index (χ4n) is 0.826. The van der Waals surface area contributed by atoms with Crippen LogP contribution in [0, 0.1) is 0 Å². The zero-order chi connectivity index (χ0) is 9.68. The van der Waals surface area contributed by atoms with Crippen LogP contribution < -0.4 is 5.32 Å². The molecule has 0 spiro atoms. The van der Waals surface area contributed by atoms with Gasteiger partial charge in [0, 0.05) is 4.88 Å². The molecule has 5 heteroatoms. The Hall–Kier alpha value is -1.36. The molecule has 0 aliphatic rings. The van der Waals surface area contributed by atoms with Crippen molar-refractivity contribution in [1.29, 1.82) is 0 Å². The van der Waals surface area contributed by atoms with Crippen molar-refractivity contribution in [2.24, 2.45) is 0 Å². The van der Waals surface area contributed by atoms with Gasteiger partial charge in [0.25, 0.3) is 0 Å². The van der Waals surface area contributed by atoms with Gasteiger partial charge in [-0.25, -0.2) is 4.79 Å². The fraction of sp³-hybridized carbons (Fsp3) is 0.250. The molecule has 0 saturated carbocycles. The molecule has 0 aliphatic carbocycles. The van der Waals surface area contributed by atoms with Gasteiger partial charge in [0.1, 0.15) is 12.3 Å². The molecule has 1 N–H and O–H groups in total. The van der Waals surface area contributed by atoms with E-state index in [0.29, 0.717) is 6.29 Å². The average Bonchev–Trinajstić information content (AvgIpc) is 2.66. The summed E-state index contributed by atoms with van der Waals surface area (Å²) in [6.07, 6.45) is 0.0634. The van der Waals surface area contributed by atoms with Gasteiger partial charge in [-0.15, -0.1) is 11.3 Å². The molecule has 13 heavy (non-hydrogen) atoms. The van der Waals surface area contributed by atoms with E-state index >= 15 is 0 Å². The van der Waals surface area contributed by atoms with E-state index in [0.717, 1.165) is 4.88 Å². The molecule has 1 atom stereocenters. The molecule has 0 aliphatic heterocycles. The van der Waals surface area contributed by atoms with E-state index in [9.17, 15) is 9.59 Å². The summed E-state index contributed by atoms with van der Waals surface area (Å²) >= 11 is 1.41. The van der Waals surface area contributed by atoms with Crippen LogP contribution in [0.25, 0.3) is 0 Å². The minimum absolute atomic E-state index is 0.604. The van der Waals surface area contributed by atoms with Gasteiger partial charge >= 0.3 is 6.09 Å². The van der Waals surface area contributed by atoms with E-state index in [1.807, 2.05) is 11.4 Å². The second-order valence-electron chi connectivity index (χ2n) is 2.27. The molecule has 1 rings (SSSR count). The maximum absolute atomic E-state index is 10.8. The quantitative estimate of drug-likeness (QED) is 0.747. The Balaban J connectivity index is 2.64. The minimum atomic E-state index is -0.606. The molecule has 1 unspecified atom stereocenters. The molecule has 0 aromatic carbocycles. The van der Waals surface area contributed by atoms with Gasteiger partial charge in [0.05, 0.1) is 7.11 Å². The topological polar surface area (TPSA) is 55.4 Å². The van der Waals surface area contributed by atoms with Crippen LogP contribution in [-0.2, 0) is 9.53 Å². The summed E-state index contributed by atoms with van der Waals surface area (Å²) in [6.45, 7) is 0. The molecule has 1 aromatic heterocycles. The number of methoxy groups -OCH3 is 1. The number of carbonyl (C=O) groups excluding carboxylic acids is 2. The highest BCUT2D eigenvalue weighted by molar-refractivity contribution is 7.10. The van der Waals surface area contributed by atoms with Crippen molar-refractivity contribution in [3.8, 4) is 0 Å². The first-order valence-corrected chi connectivity index (χ1v) is 4.49. The van der Waals surface area contributed by atoms with E-state index in [-0.39, 0.29) is 0 Å². The van der Waals surface area contributed by atoms with Crippen molar-refractivity contribution in [1.82, 2.24) is 5.32 Å². The molecular weight excluding hydrogens is 190 g/mol. The number of hydrogen-bond donors (Lipinski definition) is 1. The second-order valence-corrected chi connectivity index (χ2v) is 3.24. The normalized spacial score (nSPS) is 11.8. The van der Waals surface area contributed by atoms with Crippen LogP contribution in [0.4, 0.5) is 4.79 Å². The third kappa shape index (κ3) is 2.55. The number of nitrogens with one attached hydrogen (secondary N) is 1. The summed E-state index contributed by atoms with van der Waals surface area (Å²) in [4.78, 5) is 22.2. The lowest BCUT2D eigenvalue weighted by Crippen LogP contribution is -2.28. The summed E-state index contributed by atoms with van der Waals surface area (Å²) in [5, 5.41) is 4.24. The van der Waals surface area contributed by atoms with E-state index < -0.39 is 12.1 Å². The Morgan fingerprint density at radius 2 is 2.54 bits per heavy atom. The van der Waals surface area contributed by atoms with Crippen LogP contribution in [0.1, 0.15) is 10.9 Å². The van der Waals surface area contributed by atoms with Crippen molar-refractivity contribution in [2.45, 2.75) is 6.04 Å². The minimum Gasteiger partial charge on any atom is -0.453 e. The van der Waals surface area contributed by atoms with Crippen molar-refractivity contribution >= 4 is 23.7 Å². The van der Waals surface area contributed by atoms with Gasteiger partial charge in [-0.1, -0.05) is 6.07 Å². The molecule has 1 amide bonds. The van der Waals surface area contributed by atoms with Gasteiger partial charge in [-0.2, -0.15) is 0 Å². The Labute approximate surface area is 79.5 Å². The van der Waals surface area contributed by atoms with Crippen molar-refractivity contribution in [3.05, 3.63) is 22.4 Å². The fourth-order valence-corrected chi connectivity index (χ4v) is 1.56. The van der Waals surface area contributed by atoms with E-state index in [1.165, 1.54) is 18.4 Å². The molecule has 0 bridgehead atoms. The molecular formula is C8H9NO3S. The number of rotatable bonds is 3. The summed E-state index contributed by atoms with van der Waals surface area (Å²) in [6, 6.07) is 2.99. The molecule has 1 heterocycles. The van der Waals surface area contributed by atoms with Crippen LogP contribution in [0.3, 0.4) is 0 Å². The van der Waals surface area contributed by atoms with E-state index in [2.05, 4.69) is 10.1 Å². The van der Waals surface area contributed by atoms with Gasteiger partial charge in [-0.3, -0.25) is 0 Å². The molecule has 0 saturated heterocycles. The molecule has 0 fully saturated rings. The maximum Gasteiger partial charge on any atom is 0.407 e. The first-order valence-electron chi connectivity index (χ1n) is 3.61. The van der Waals surface area contributed by atoms with E-state index in [4.69, 9.17) is 0 Å². The first-order chi connectivity index (χ1) is 6.27. The highest BCUT2D eigenvalue weighted by Crippen LogP contribution is 2.16. The second kappa shape index (κ2) is 4.61. The van der Waals surface area contributed by atoms with Crippen LogP contribution in [0.2, 0.25) is 0 Å². The van der Waals surface area contributed by atoms with Crippen molar-refractivity contribution < 1.29 is 14.3 Å². The van der Waals surface area contributed by atoms with Crippen LogP contribution in [0.15, 0.2) is 17.5 Å². The maximum atomic E-state index is 10.8. The summed E-state index contributed by atoms with van der Waals surface area (Å²) in [5.41, 5.74) is 0. The average molecular weight is 199 g/mol. The van der Waals surface area contributed by atoms with Gasteiger partial charge in [0.15, 0.2) is 0 Å². The van der Waals surface area contributed by atoms with Crippen molar-refractivity contribution in [3.63, 3.8) is 0 Å². The number of thiophene rings is 1. The Morgan fingerprint density at radius 3 is 3.00 bits per heavy atom. The molecule has 0 radical (unpaired) electrons. The Morgan fingerprint density at radius 1 is 1.77 bits per heavy atom. The lowest BCUT2D eigenvalue weighted by molar-refractivity contribution is -0.109. The number of ether oxygens (including phenoxy) is 1. The molecule has 4 nitrogen and oxygen atoms in total. The zero-order valence-electron chi connectivity index (χ0n) is 7.02. The largest absolute Gasteiger partial charge is 0.453 e. The predicted molar refractivity (Wildman–Crippen MR) is 48.7 cm³/mol. The SMILES string of the molecule is COC(=O)NC(C=O)c1cccs1. The monoisotopic (exact) mass is 199 g/mol. The van der Waals surface area contributed by atoms with Gasteiger partial charge in [0.2, 0.25) is 0 Å². The Bertz CT molecular complexity index is 284. The lowest BCUT2D eigenvalue weighted by Gasteiger charge is -2.08. The third-order valence-electron chi connectivity index (χ3n) is 1.44. The number of alkyl carbamates (subject to hydrolysis) is 1. The van der Waals surface area contributed by atoms with E-state index in [1.54, 1.807) is 6.07 Å². The van der Waals surface area contributed by atoms with Crippen LogP contribution in [0.5, 0.6) is 0 Å². The van der Waals surface area contributed by atoms with Gasteiger partial charge in [-0.05, 0) is 11.4 Å². The zero-order valence-corrected chi connectivity index (χ0v) is 7.84. The Kier molecular flexibility index (Phi) is 3.45. The number of aldehydes is 1. The third-order valence-corrected chi connectivity index (χ3v) is 2.40. The smallest absolute Gasteiger partial charge is 0.407 e. The number of carbonyl (C=O) groups is 2. The summed E-state index contributed by atoms with van der Waals surface area (Å²) in [7, 11) is 1.26. The van der Waals surface area contributed by atoms with Gasteiger partial charge < -0.3 is 14.8 Å². The van der Waals surface area contributed by atoms with Crippen LogP contribution >= 0.6 is 11.3 Å². The highest BCUT2D eigenvalue weighted by atomic mass is 32.1. The number of amides is 1. The highest BCUT2D eigenvalue weighted by Gasteiger charge is 2.13. The number of hydrogen-bond acceptors (Lipinski definition) is 4. The summed E-state index contributed by atoms with van der Waals surface area (Å²) in [5.74, 6) is 0. The first kappa shape index (κ1) is 9.73. The predicted octanol–water partition coefficient (Wildman–Crippen LogP) is 1.34. The van der Waals surface area contributed by atoms with Crippen molar-refractivity contribution in [2.75, 3.05) is 7.11 Å². The standard InChI is InChI=1S/C8H9NO3S/c1-12-8(11)9-6(5-10)7-3-2-4-13-7/h2-6H,1H3,(H,9,11). The summed E-state index contributed by atoms with van der Waals surface area (Å²) < 4.78 is 4.38. The molecule has 70 valence electrons.